The van der Waals surface area contributed by atoms with Crippen LogP contribution in [0.25, 0.3) is 0 Å². The van der Waals surface area contributed by atoms with Crippen molar-refractivity contribution in [1.29, 1.82) is 0 Å². The summed E-state index contributed by atoms with van der Waals surface area (Å²) >= 11 is 0. The third-order valence-electron chi connectivity index (χ3n) is 1.95. The van der Waals surface area contributed by atoms with Crippen LogP contribution in [0.1, 0.15) is 20.3 Å². The topological polar surface area (TPSA) is 0 Å². The lowest BCUT2D eigenvalue weighted by atomic mass is 9.92. The quantitative estimate of drug-likeness (QED) is 0.491. The predicted octanol–water partition coefficient (Wildman–Crippen LogP) is 3.40. The van der Waals surface area contributed by atoms with Crippen molar-refractivity contribution in [3.05, 3.63) is 47.6 Å². The molecule has 0 bridgehead atoms. The molecule has 1 rings (SSSR count). The molecular formula is C11H14. The van der Waals surface area contributed by atoms with E-state index in [4.69, 9.17) is 0 Å². The fraction of sp³-hybridized carbons (Fsp3) is 0.273. The molecule has 1 aliphatic carbocycles. The van der Waals surface area contributed by atoms with Crippen molar-refractivity contribution in [2.24, 2.45) is 0 Å². The van der Waals surface area contributed by atoms with Gasteiger partial charge in [0.1, 0.15) is 0 Å². The molecule has 0 aliphatic heterocycles. The van der Waals surface area contributed by atoms with Gasteiger partial charge in [-0.05, 0) is 31.4 Å². The van der Waals surface area contributed by atoms with E-state index >= 15 is 0 Å². The second-order valence-corrected chi connectivity index (χ2v) is 2.73. The minimum Gasteiger partial charge on any atom is -0.0955 e. The molecule has 0 heteroatoms. The zero-order valence-corrected chi connectivity index (χ0v) is 7.22. The summed E-state index contributed by atoms with van der Waals surface area (Å²) in [6.07, 6.45) is 9.51. The van der Waals surface area contributed by atoms with Crippen LogP contribution in [-0.2, 0) is 0 Å². The highest BCUT2D eigenvalue weighted by Crippen LogP contribution is 2.25. The standard InChI is InChI=1S/C11H14/c1-4-10-7-6-9(3)8-11(10)5-2/h4-7H,3,8H2,1-2H3/b10-4-,11-5-. The second kappa shape index (κ2) is 3.38. The van der Waals surface area contributed by atoms with E-state index in [0.717, 1.165) is 6.42 Å². The van der Waals surface area contributed by atoms with Crippen molar-refractivity contribution in [2.75, 3.05) is 0 Å². The third-order valence-corrected chi connectivity index (χ3v) is 1.95. The number of rotatable bonds is 0. The first kappa shape index (κ1) is 8.06. The van der Waals surface area contributed by atoms with Gasteiger partial charge in [0.15, 0.2) is 0 Å². The molecule has 0 saturated heterocycles. The van der Waals surface area contributed by atoms with E-state index in [-0.39, 0.29) is 0 Å². The lowest BCUT2D eigenvalue weighted by Crippen LogP contribution is -1.93. The Hall–Kier alpha value is -1.04. The maximum Gasteiger partial charge on any atom is -0.00291 e. The van der Waals surface area contributed by atoms with Gasteiger partial charge >= 0.3 is 0 Å². The predicted molar refractivity (Wildman–Crippen MR) is 50.4 cm³/mol. The van der Waals surface area contributed by atoms with Crippen LogP contribution < -0.4 is 0 Å². The molecule has 58 valence electrons. The van der Waals surface area contributed by atoms with Gasteiger partial charge in [-0.2, -0.15) is 0 Å². The normalized spacial score (nSPS) is 25.1. The van der Waals surface area contributed by atoms with Crippen molar-refractivity contribution >= 4 is 0 Å². The summed E-state index contributed by atoms with van der Waals surface area (Å²) in [5.41, 5.74) is 3.92. The fourth-order valence-corrected chi connectivity index (χ4v) is 1.27. The lowest BCUT2D eigenvalue weighted by Gasteiger charge is -2.13. The van der Waals surface area contributed by atoms with E-state index < -0.39 is 0 Å². The Morgan fingerprint density at radius 1 is 1.27 bits per heavy atom. The van der Waals surface area contributed by atoms with Gasteiger partial charge in [0, 0.05) is 0 Å². The highest BCUT2D eigenvalue weighted by Gasteiger charge is 2.05. The Morgan fingerprint density at radius 2 is 2.00 bits per heavy atom. The molecule has 11 heavy (non-hydrogen) atoms. The summed E-state index contributed by atoms with van der Waals surface area (Å²) in [6, 6.07) is 0. The van der Waals surface area contributed by atoms with Crippen molar-refractivity contribution in [1.82, 2.24) is 0 Å². The summed E-state index contributed by atoms with van der Waals surface area (Å²) in [5.74, 6) is 0. The summed E-state index contributed by atoms with van der Waals surface area (Å²) in [5, 5.41) is 0. The van der Waals surface area contributed by atoms with Crippen molar-refractivity contribution in [3.63, 3.8) is 0 Å². The summed E-state index contributed by atoms with van der Waals surface area (Å²) in [4.78, 5) is 0. The molecule has 0 unspecified atom stereocenters. The molecule has 0 spiro atoms. The maximum absolute atomic E-state index is 3.93. The van der Waals surface area contributed by atoms with Crippen molar-refractivity contribution in [3.8, 4) is 0 Å². The van der Waals surface area contributed by atoms with Crippen molar-refractivity contribution in [2.45, 2.75) is 20.3 Å². The van der Waals surface area contributed by atoms with Crippen molar-refractivity contribution < 1.29 is 0 Å². The Bertz CT molecular complexity index is 249. The van der Waals surface area contributed by atoms with Gasteiger partial charge in [-0.25, -0.2) is 0 Å². The smallest absolute Gasteiger partial charge is 0.00291 e. The van der Waals surface area contributed by atoms with E-state index in [1.54, 1.807) is 0 Å². The average molecular weight is 146 g/mol. The SMILES string of the molecule is C=C1C=CC(=C/C)/C(=C\C)C1. The number of hydrogen-bond acceptors (Lipinski definition) is 0. The Balaban J connectivity index is 2.99. The van der Waals surface area contributed by atoms with E-state index in [1.165, 1.54) is 16.7 Å². The minimum absolute atomic E-state index is 1.01. The van der Waals surface area contributed by atoms with Gasteiger partial charge in [-0.3, -0.25) is 0 Å². The fourth-order valence-electron chi connectivity index (χ4n) is 1.27. The molecule has 0 aromatic carbocycles. The van der Waals surface area contributed by atoms with Gasteiger partial charge < -0.3 is 0 Å². The zero-order chi connectivity index (χ0) is 8.27. The minimum atomic E-state index is 1.01. The summed E-state index contributed by atoms with van der Waals surface area (Å²) in [7, 11) is 0. The van der Waals surface area contributed by atoms with Crippen LogP contribution >= 0.6 is 0 Å². The summed E-state index contributed by atoms with van der Waals surface area (Å²) < 4.78 is 0. The van der Waals surface area contributed by atoms with Crippen LogP contribution in [0.5, 0.6) is 0 Å². The molecule has 0 aromatic rings. The zero-order valence-electron chi connectivity index (χ0n) is 7.22. The molecule has 0 N–H and O–H groups in total. The highest BCUT2D eigenvalue weighted by molar-refractivity contribution is 5.48. The van der Waals surface area contributed by atoms with Gasteiger partial charge in [0.25, 0.3) is 0 Å². The molecular weight excluding hydrogens is 132 g/mol. The number of allylic oxidation sites excluding steroid dienone is 7. The first-order chi connectivity index (χ1) is 5.27. The molecule has 0 heterocycles. The maximum atomic E-state index is 3.93. The van der Waals surface area contributed by atoms with E-state index in [0.29, 0.717) is 0 Å². The molecule has 0 nitrogen and oxygen atoms in total. The Labute approximate surface area is 68.6 Å². The Morgan fingerprint density at radius 3 is 2.55 bits per heavy atom. The highest BCUT2D eigenvalue weighted by atomic mass is 14.1. The van der Waals surface area contributed by atoms with Crippen LogP contribution in [-0.4, -0.2) is 0 Å². The van der Waals surface area contributed by atoms with Gasteiger partial charge in [0.05, 0.1) is 0 Å². The molecule has 0 saturated carbocycles. The van der Waals surface area contributed by atoms with Crippen LogP contribution in [0.2, 0.25) is 0 Å². The van der Waals surface area contributed by atoms with Gasteiger partial charge in [-0.15, -0.1) is 0 Å². The molecule has 0 fully saturated rings. The van der Waals surface area contributed by atoms with E-state index in [2.05, 4.69) is 44.7 Å². The van der Waals surface area contributed by atoms with Crippen LogP contribution in [0, 0.1) is 0 Å². The Kier molecular flexibility index (Phi) is 2.48. The third kappa shape index (κ3) is 1.70. The molecule has 1 aliphatic rings. The van der Waals surface area contributed by atoms with Gasteiger partial charge in [-0.1, -0.05) is 36.5 Å². The lowest BCUT2D eigenvalue weighted by molar-refractivity contribution is 1.14. The number of hydrogen-bond donors (Lipinski definition) is 0. The first-order valence-corrected chi connectivity index (χ1v) is 3.95. The summed E-state index contributed by atoms with van der Waals surface area (Å²) in [6.45, 7) is 8.07. The van der Waals surface area contributed by atoms with Gasteiger partial charge in [0.2, 0.25) is 0 Å². The van der Waals surface area contributed by atoms with Crippen LogP contribution in [0.15, 0.2) is 47.6 Å². The molecule has 0 amide bonds. The van der Waals surface area contributed by atoms with Crippen LogP contribution in [0.4, 0.5) is 0 Å². The second-order valence-electron chi connectivity index (χ2n) is 2.73. The average Bonchev–Trinajstić information content (AvgIpc) is 2.04. The van der Waals surface area contributed by atoms with Crippen LogP contribution in [0.3, 0.4) is 0 Å². The molecule has 0 atom stereocenters. The molecule has 0 radical (unpaired) electrons. The largest absolute Gasteiger partial charge is 0.0955 e. The first-order valence-electron chi connectivity index (χ1n) is 3.95. The monoisotopic (exact) mass is 146 g/mol. The molecule has 0 aromatic heterocycles. The van der Waals surface area contributed by atoms with E-state index in [1.807, 2.05) is 0 Å². The van der Waals surface area contributed by atoms with E-state index in [9.17, 15) is 0 Å².